The predicted molar refractivity (Wildman–Crippen MR) is 121 cm³/mol. The standard InChI is InChI=1S/C15H22N2O2S.C7H10N2O2/c1-11-12-4-2-3-5-13(12)20-15(11)16-14(18)10-17-6-8-19-9-7-17;1-5-2-3-6(8-4-10)7(11)9-5/h2-10H2,1H3,(H,16,18);4,6H,1-3H2,(H,8,10)(H,9,11). The van der Waals surface area contributed by atoms with Crippen LogP contribution in [-0.2, 0) is 32.0 Å². The summed E-state index contributed by atoms with van der Waals surface area (Å²) in [5.74, 6) is -0.0676. The third-order valence-corrected chi connectivity index (χ3v) is 7.09. The monoisotopic (exact) mass is 448 g/mol. The molecule has 1 aliphatic carbocycles. The van der Waals surface area contributed by atoms with Crippen molar-refractivity contribution in [3.8, 4) is 0 Å². The van der Waals surface area contributed by atoms with E-state index >= 15 is 0 Å². The smallest absolute Gasteiger partial charge is 0.246 e. The molecule has 0 aromatic carbocycles. The van der Waals surface area contributed by atoms with Gasteiger partial charge in [-0.3, -0.25) is 19.3 Å². The number of allylic oxidation sites excluding steroid dienone is 1. The van der Waals surface area contributed by atoms with Crippen LogP contribution in [0.25, 0.3) is 0 Å². The summed E-state index contributed by atoms with van der Waals surface area (Å²) in [4.78, 5) is 36.8. The third-order valence-electron chi connectivity index (χ3n) is 5.78. The molecule has 0 spiro atoms. The molecule has 8 nitrogen and oxygen atoms in total. The molecule has 1 unspecified atom stereocenters. The van der Waals surface area contributed by atoms with E-state index in [4.69, 9.17) is 4.74 Å². The summed E-state index contributed by atoms with van der Waals surface area (Å²) in [6.07, 6.45) is 6.84. The van der Waals surface area contributed by atoms with Gasteiger partial charge in [-0.2, -0.15) is 0 Å². The Bertz CT molecular complexity index is 817. The highest BCUT2D eigenvalue weighted by Crippen LogP contribution is 2.37. The second kappa shape index (κ2) is 11.4. The third kappa shape index (κ3) is 6.62. The number of carbonyl (C=O) groups excluding carboxylic acids is 3. The number of aryl methyl sites for hydroxylation is 1. The lowest BCUT2D eigenvalue weighted by atomic mass is 9.96. The molecule has 2 fully saturated rings. The molecule has 0 radical (unpaired) electrons. The molecule has 3 N–H and O–H groups in total. The molecule has 170 valence electrons. The molecule has 0 bridgehead atoms. The van der Waals surface area contributed by atoms with Crippen LogP contribution in [-0.4, -0.2) is 62.0 Å². The van der Waals surface area contributed by atoms with Crippen molar-refractivity contribution < 1.29 is 19.1 Å². The van der Waals surface area contributed by atoms with Gasteiger partial charge in [0.25, 0.3) is 0 Å². The van der Waals surface area contributed by atoms with Crippen LogP contribution >= 0.6 is 11.3 Å². The van der Waals surface area contributed by atoms with E-state index in [-0.39, 0.29) is 17.9 Å². The summed E-state index contributed by atoms with van der Waals surface area (Å²) in [7, 11) is 0. The number of rotatable bonds is 5. The Morgan fingerprint density at radius 3 is 2.71 bits per heavy atom. The summed E-state index contributed by atoms with van der Waals surface area (Å²) in [6, 6.07) is -0.377. The van der Waals surface area contributed by atoms with Crippen LogP contribution in [0.5, 0.6) is 0 Å². The number of carbonyl (C=O) groups is 3. The molecule has 0 saturated carbocycles. The van der Waals surface area contributed by atoms with Crippen molar-refractivity contribution in [3.63, 3.8) is 0 Å². The van der Waals surface area contributed by atoms with Crippen LogP contribution in [0.3, 0.4) is 0 Å². The van der Waals surface area contributed by atoms with E-state index in [0.29, 0.717) is 19.4 Å². The van der Waals surface area contributed by atoms with Gasteiger partial charge < -0.3 is 20.7 Å². The molecular weight excluding hydrogens is 416 g/mol. The highest BCUT2D eigenvalue weighted by molar-refractivity contribution is 7.16. The average molecular weight is 449 g/mol. The van der Waals surface area contributed by atoms with Crippen molar-refractivity contribution in [2.24, 2.45) is 0 Å². The van der Waals surface area contributed by atoms with E-state index in [1.807, 2.05) is 0 Å². The maximum atomic E-state index is 12.2. The Labute approximate surface area is 187 Å². The van der Waals surface area contributed by atoms with Crippen molar-refractivity contribution in [1.29, 1.82) is 0 Å². The fourth-order valence-corrected chi connectivity index (χ4v) is 5.30. The quantitative estimate of drug-likeness (QED) is 0.596. The Kier molecular flexibility index (Phi) is 8.62. The van der Waals surface area contributed by atoms with Crippen molar-refractivity contribution in [1.82, 2.24) is 15.5 Å². The minimum atomic E-state index is -0.377. The van der Waals surface area contributed by atoms with E-state index in [2.05, 4.69) is 34.4 Å². The summed E-state index contributed by atoms with van der Waals surface area (Å²) in [5.41, 5.74) is 3.50. The molecule has 1 aromatic heterocycles. The van der Waals surface area contributed by atoms with Gasteiger partial charge in [0.05, 0.1) is 24.8 Å². The largest absolute Gasteiger partial charge is 0.379 e. The maximum Gasteiger partial charge on any atom is 0.246 e. The number of nitrogens with one attached hydrogen (secondary N) is 3. The Hall–Kier alpha value is -2.23. The van der Waals surface area contributed by atoms with Crippen molar-refractivity contribution in [3.05, 3.63) is 28.3 Å². The number of piperidine rings is 1. The number of thiophene rings is 1. The van der Waals surface area contributed by atoms with Gasteiger partial charge in [-0.05, 0) is 56.6 Å². The van der Waals surface area contributed by atoms with E-state index in [1.165, 1.54) is 41.7 Å². The van der Waals surface area contributed by atoms with Crippen molar-refractivity contribution in [2.45, 2.75) is 51.5 Å². The molecule has 4 rings (SSSR count). The SMILES string of the molecule is C=C1CCC(NC=O)C(=O)N1.Cc1c(NC(=O)CN2CCOCC2)sc2c1CCCC2. The van der Waals surface area contributed by atoms with E-state index in [0.717, 1.165) is 43.4 Å². The molecule has 3 aliphatic rings. The normalized spacial score (nSPS) is 21.3. The minimum absolute atomic E-state index is 0.105. The van der Waals surface area contributed by atoms with E-state index < -0.39 is 0 Å². The fourth-order valence-electron chi connectivity index (χ4n) is 3.99. The first-order chi connectivity index (χ1) is 15.0. The number of fused-ring (bicyclic) bond motifs is 1. The van der Waals surface area contributed by atoms with Gasteiger partial charge in [-0.1, -0.05) is 6.58 Å². The molecule has 3 heterocycles. The lowest BCUT2D eigenvalue weighted by Gasteiger charge is -2.25. The molecule has 1 aromatic rings. The van der Waals surface area contributed by atoms with Gasteiger partial charge in [0, 0.05) is 23.7 Å². The number of nitrogens with zero attached hydrogens (tertiary/aromatic N) is 1. The van der Waals surface area contributed by atoms with E-state index in [9.17, 15) is 14.4 Å². The summed E-state index contributed by atoms with van der Waals surface area (Å²) < 4.78 is 5.30. The van der Waals surface area contributed by atoms with Gasteiger partial charge in [0.1, 0.15) is 6.04 Å². The topological polar surface area (TPSA) is 99.8 Å². The zero-order valence-corrected chi connectivity index (χ0v) is 18.9. The number of hydrogen-bond acceptors (Lipinski definition) is 6. The van der Waals surface area contributed by atoms with Crippen LogP contribution in [0.4, 0.5) is 5.00 Å². The van der Waals surface area contributed by atoms with Crippen molar-refractivity contribution >= 4 is 34.6 Å². The van der Waals surface area contributed by atoms with Crippen LogP contribution in [0, 0.1) is 6.92 Å². The van der Waals surface area contributed by atoms with Crippen molar-refractivity contribution in [2.75, 3.05) is 38.2 Å². The molecule has 2 aliphatic heterocycles. The number of anilines is 1. The molecule has 3 amide bonds. The second-order valence-corrected chi connectivity index (χ2v) is 9.18. The highest BCUT2D eigenvalue weighted by atomic mass is 32.1. The van der Waals surface area contributed by atoms with Crippen LogP contribution in [0.15, 0.2) is 12.3 Å². The number of morpholine rings is 1. The Balaban J connectivity index is 0.000000210. The number of amides is 3. The highest BCUT2D eigenvalue weighted by Gasteiger charge is 2.22. The zero-order valence-electron chi connectivity index (χ0n) is 18.1. The molecule has 2 saturated heterocycles. The summed E-state index contributed by atoms with van der Waals surface area (Å²) in [6.45, 7) is 9.41. The molecule has 9 heteroatoms. The maximum absolute atomic E-state index is 12.2. The number of hydrogen-bond donors (Lipinski definition) is 3. The number of ether oxygens (including phenoxy) is 1. The van der Waals surface area contributed by atoms with Crippen LogP contribution < -0.4 is 16.0 Å². The zero-order chi connectivity index (χ0) is 22.2. The van der Waals surface area contributed by atoms with E-state index in [1.54, 1.807) is 11.3 Å². The van der Waals surface area contributed by atoms with Crippen LogP contribution in [0.2, 0.25) is 0 Å². The summed E-state index contributed by atoms with van der Waals surface area (Å²) in [5, 5.41) is 9.16. The Morgan fingerprint density at radius 2 is 2.03 bits per heavy atom. The Morgan fingerprint density at radius 1 is 1.29 bits per heavy atom. The first-order valence-corrected chi connectivity index (χ1v) is 11.7. The minimum Gasteiger partial charge on any atom is -0.379 e. The van der Waals surface area contributed by atoms with Crippen LogP contribution in [0.1, 0.15) is 41.7 Å². The first kappa shape index (κ1) is 23.4. The molecular formula is C22H32N4O4S. The lowest BCUT2D eigenvalue weighted by Crippen LogP contribution is -2.46. The predicted octanol–water partition coefficient (Wildman–Crippen LogP) is 1.73. The molecule has 31 heavy (non-hydrogen) atoms. The second-order valence-electron chi connectivity index (χ2n) is 8.07. The fraction of sp³-hybridized carbons (Fsp3) is 0.591. The summed E-state index contributed by atoms with van der Waals surface area (Å²) >= 11 is 1.78. The van der Waals surface area contributed by atoms with Gasteiger partial charge >= 0.3 is 0 Å². The first-order valence-electron chi connectivity index (χ1n) is 10.9. The van der Waals surface area contributed by atoms with Gasteiger partial charge in [0.15, 0.2) is 0 Å². The van der Waals surface area contributed by atoms with Gasteiger partial charge in [-0.25, -0.2) is 0 Å². The van der Waals surface area contributed by atoms with Gasteiger partial charge in [0.2, 0.25) is 18.2 Å². The lowest BCUT2D eigenvalue weighted by molar-refractivity contribution is -0.125. The molecule has 1 atom stereocenters. The average Bonchev–Trinajstić information content (AvgIpc) is 3.07. The van der Waals surface area contributed by atoms with Gasteiger partial charge in [-0.15, -0.1) is 11.3 Å².